The lowest BCUT2D eigenvalue weighted by atomic mass is 9.87. The van der Waals surface area contributed by atoms with Gasteiger partial charge < -0.3 is 16.4 Å². The molecule has 6 heteroatoms. The number of nitrogen functional groups attached to an aromatic ring is 1. The summed E-state index contributed by atoms with van der Waals surface area (Å²) in [5.74, 6) is 0.166. The molecule has 1 saturated carbocycles. The molecule has 0 bridgehead atoms. The Hall–Kier alpha value is -1.75. The molecule has 1 fully saturated rings. The van der Waals surface area contributed by atoms with Gasteiger partial charge in [0.05, 0.1) is 11.4 Å². The third kappa shape index (κ3) is 6.10. The van der Waals surface area contributed by atoms with Gasteiger partial charge >= 0.3 is 0 Å². The van der Waals surface area contributed by atoms with Crippen LogP contribution in [0.2, 0.25) is 0 Å². The number of rotatable bonds is 5. The molecule has 1 aliphatic rings. The van der Waals surface area contributed by atoms with Crippen LogP contribution in [-0.4, -0.2) is 17.9 Å². The van der Waals surface area contributed by atoms with Crippen molar-refractivity contribution >= 4 is 35.6 Å². The lowest BCUT2D eigenvalue weighted by Gasteiger charge is -2.22. The molecular weight excluding hydrogens is 314 g/mol. The molecule has 23 heavy (non-hydrogen) atoms. The van der Waals surface area contributed by atoms with Gasteiger partial charge in [0.1, 0.15) is 6.04 Å². The van der Waals surface area contributed by atoms with Gasteiger partial charge in [-0.05, 0) is 37.8 Å². The Morgan fingerprint density at radius 3 is 2.52 bits per heavy atom. The fourth-order valence-corrected chi connectivity index (χ4v) is 2.87. The Balaban J connectivity index is 0.00000264. The maximum atomic E-state index is 12.1. The lowest BCUT2D eigenvalue weighted by Crippen LogP contribution is -2.42. The van der Waals surface area contributed by atoms with Gasteiger partial charge in [-0.1, -0.05) is 31.4 Å². The molecule has 5 nitrogen and oxygen atoms in total. The summed E-state index contributed by atoms with van der Waals surface area (Å²) in [7, 11) is 0. The van der Waals surface area contributed by atoms with Crippen molar-refractivity contribution in [1.82, 2.24) is 5.32 Å². The highest BCUT2D eigenvalue weighted by Gasteiger charge is 2.20. The van der Waals surface area contributed by atoms with E-state index in [9.17, 15) is 9.59 Å². The van der Waals surface area contributed by atoms with Crippen LogP contribution in [0.4, 0.5) is 11.4 Å². The van der Waals surface area contributed by atoms with E-state index in [1.807, 2.05) is 0 Å². The number of hydrogen-bond donors (Lipinski definition) is 3. The molecule has 0 radical (unpaired) electrons. The maximum Gasteiger partial charge on any atom is 0.246 e. The van der Waals surface area contributed by atoms with Crippen LogP contribution in [0.25, 0.3) is 0 Å². The number of benzene rings is 1. The highest BCUT2D eigenvalue weighted by atomic mass is 35.5. The molecule has 4 N–H and O–H groups in total. The standard InChI is InChI=1S/C17H25N3O2.ClH/c1-12(17(22)20-15-10-6-5-9-14(15)18)19-16(21)11-13-7-3-2-4-8-13;/h5-6,9-10,12-13H,2-4,7-8,11,18H2,1H3,(H,19,21)(H,20,22);1H. The first kappa shape index (κ1) is 19.3. The topological polar surface area (TPSA) is 84.2 Å². The number of carbonyl (C=O) groups is 2. The maximum absolute atomic E-state index is 12.1. The lowest BCUT2D eigenvalue weighted by molar-refractivity contribution is -0.126. The van der Waals surface area contributed by atoms with E-state index in [0.29, 0.717) is 23.7 Å². The molecule has 1 atom stereocenters. The molecule has 0 aromatic heterocycles. The van der Waals surface area contributed by atoms with E-state index in [-0.39, 0.29) is 24.2 Å². The molecule has 1 aliphatic carbocycles. The molecule has 0 aliphatic heterocycles. The van der Waals surface area contributed by atoms with Gasteiger partial charge in [-0.15, -0.1) is 12.4 Å². The normalized spacial score (nSPS) is 16.0. The number of amides is 2. The van der Waals surface area contributed by atoms with Crippen LogP contribution in [0.15, 0.2) is 24.3 Å². The molecule has 1 aromatic rings. The molecular formula is C17H26ClN3O2. The third-order valence-electron chi connectivity index (χ3n) is 4.19. The highest BCUT2D eigenvalue weighted by molar-refractivity contribution is 5.98. The van der Waals surface area contributed by atoms with Crippen molar-refractivity contribution in [3.63, 3.8) is 0 Å². The number of para-hydroxylation sites is 2. The Kier molecular flexibility index (Phi) is 7.89. The fourth-order valence-electron chi connectivity index (χ4n) is 2.87. The largest absolute Gasteiger partial charge is 0.397 e. The molecule has 128 valence electrons. The second kappa shape index (κ2) is 9.40. The molecule has 1 aromatic carbocycles. The predicted molar refractivity (Wildman–Crippen MR) is 95.5 cm³/mol. The van der Waals surface area contributed by atoms with E-state index >= 15 is 0 Å². The van der Waals surface area contributed by atoms with E-state index in [0.717, 1.165) is 12.8 Å². The Morgan fingerprint density at radius 2 is 1.87 bits per heavy atom. The second-order valence-electron chi connectivity index (χ2n) is 6.07. The molecule has 1 unspecified atom stereocenters. The summed E-state index contributed by atoms with van der Waals surface area (Å²) in [5, 5.41) is 5.52. The number of carbonyl (C=O) groups excluding carboxylic acids is 2. The molecule has 0 spiro atoms. The summed E-state index contributed by atoms with van der Waals surface area (Å²) in [6.45, 7) is 1.69. The Morgan fingerprint density at radius 1 is 1.22 bits per heavy atom. The predicted octanol–water partition coefficient (Wildman–Crippen LogP) is 3.10. The van der Waals surface area contributed by atoms with Crippen molar-refractivity contribution in [1.29, 1.82) is 0 Å². The quantitative estimate of drug-likeness (QED) is 0.721. The summed E-state index contributed by atoms with van der Waals surface area (Å²) in [6, 6.07) is 6.50. The molecule has 0 saturated heterocycles. The van der Waals surface area contributed by atoms with E-state index < -0.39 is 6.04 Å². The Labute approximate surface area is 143 Å². The van der Waals surface area contributed by atoms with Gasteiger partial charge in [0, 0.05) is 6.42 Å². The summed E-state index contributed by atoms with van der Waals surface area (Å²) in [5.41, 5.74) is 6.87. The molecule has 2 rings (SSSR count). The monoisotopic (exact) mass is 339 g/mol. The molecule has 2 amide bonds. The first-order chi connectivity index (χ1) is 10.6. The van der Waals surface area contributed by atoms with Crippen molar-refractivity contribution in [2.24, 2.45) is 5.92 Å². The number of nitrogens with one attached hydrogen (secondary N) is 2. The van der Waals surface area contributed by atoms with E-state index in [1.54, 1.807) is 31.2 Å². The van der Waals surface area contributed by atoms with Crippen LogP contribution in [0.1, 0.15) is 45.4 Å². The third-order valence-corrected chi connectivity index (χ3v) is 4.19. The SMILES string of the molecule is CC(NC(=O)CC1CCCCC1)C(=O)Nc1ccccc1N.Cl. The summed E-state index contributed by atoms with van der Waals surface area (Å²) in [4.78, 5) is 24.1. The van der Waals surface area contributed by atoms with E-state index in [1.165, 1.54) is 19.3 Å². The van der Waals surface area contributed by atoms with Gasteiger partial charge in [0.15, 0.2) is 0 Å². The average molecular weight is 340 g/mol. The van der Waals surface area contributed by atoms with Crippen LogP contribution in [-0.2, 0) is 9.59 Å². The van der Waals surface area contributed by atoms with Gasteiger partial charge in [0.25, 0.3) is 0 Å². The summed E-state index contributed by atoms with van der Waals surface area (Å²) < 4.78 is 0. The number of anilines is 2. The first-order valence-corrected chi connectivity index (χ1v) is 8.01. The number of hydrogen-bond acceptors (Lipinski definition) is 3. The summed E-state index contributed by atoms with van der Waals surface area (Å²) in [6.07, 6.45) is 6.45. The average Bonchev–Trinajstić information content (AvgIpc) is 2.50. The number of halogens is 1. The van der Waals surface area contributed by atoms with Crippen LogP contribution in [0.5, 0.6) is 0 Å². The van der Waals surface area contributed by atoms with Crippen LogP contribution < -0.4 is 16.4 Å². The van der Waals surface area contributed by atoms with Crippen molar-refractivity contribution in [3.8, 4) is 0 Å². The van der Waals surface area contributed by atoms with Gasteiger partial charge in [-0.25, -0.2) is 0 Å². The van der Waals surface area contributed by atoms with Crippen LogP contribution in [0.3, 0.4) is 0 Å². The van der Waals surface area contributed by atoms with Gasteiger partial charge in [-0.3, -0.25) is 9.59 Å². The zero-order valence-electron chi connectivity index (χ0n) is 13.5. The fraction of sp³-hybridized carbons (Fsp3) is 0.529. The van der Waals surface area contributed by atoms with Crippen molar-refractivity contribution < 1.29 is 9.59 Å². The zero-order chi connectivity index (χ0) is 15.9. The second-order valence-corrected chi connectivity index (χ2v) is 6.07. The summed E-state index contributed by atoms with van der Waals surface area (Å²) >= 11 is 0. The molecule has 0 heterocycles. The smallest absolute Gasteiger partial charge is 0.246 e. The van der Waals surface area contributed by atoms with E-state index in [2.05, 4.69) is 10.6 Å². The van der Waals surface area contributed by atoms with Gasteiger partial charge in [-0.2, -0.15) is 0 Å². The number of nitrogens with two attached hydrogens (primary N) is 1. The van der Waals surface area contributed by atoms with Crippen LogP contribution in [0, 0.1) is 5.92 Å². The van der Waals surface area contributed by atoms with Crippen molar-refractivity contribution in [2.45, 2.75) is 51.5 Å². The van der Waals surface area contributed by atoms with Crippen molar-refractivity contribution in [3.05, 3.63) is 24.3 Å². The van der Waals surface area contributed by atoms with E-state index in [4.69, 9.17) is 5.73 Å². The minimum Gasteiger partial charge on any atom is -0.397 e. The van der Waals surface area contributed by atoms with Gasteiger partial charge in [0.2, 0.25) is 11.8 Å². The minimum atomic E-state index is -0.573. The Bertz CT molecular complexity index is 530. The first-order valence-electron chi connectivity index (χ1n) is 8.01. The van der Waals surface area contributed by atoms with Crippen molar-refractivity contribution in [2.75, 3.05) is 11.1 Å². The minimum absolute atomic E-state index is 0. The highest BCUT2D eigenvalue weighted by Crippen LogP contribution is 2.26. The zero-order valence-corrected chi connectivity index (χ0v) is 14.3. The van der Waals surface area contributed by atoms with Crippen LogP contribution >= 0.6 is 12.4 Å².